The Morgan fingerprint density at radius 1 is 1.00 bits per heavy atom. The number of benzene rings is 3. The summed E-state index contributed by atoms with van der Waals surface area (Å²) < 4.78 is 2.34. The second kappa shape index (κ2) is 7.21. The molecule has 1 unspecified atom stereocenters. The van der Waals surface area contributed by atoms with Gasteiger partial charge in [0.1, 0.15) is 6.54 Å². The van der Waals surface area contributed by atoms with Gasteiger partial charge >= 0.3 is 0 Å². The Hall–Kier alpha value is -3.40. The fraction of sp³-hybridized carbons (Fsp3) is 0.200. The molecule has 144 valence electrons. The second-order valence-corrected chi connectivity index (χ2v) is 7.84. The van der Waals surface area contributed by atoms with Crippen molar-refractivity contribution in [3.63, 3.8) is 0 Å². The highest BCUT2D eigenvalue weighted by molar-refractivity contribution is 5.96. The lowest BCUT2D eigenvalue weighted by Gasteiger charge is -2.15. The summed E-state index contributed by atoms with van der Waals surface area (Å²) in [6.07, 6.45) is 0.523. The van der Waals surface area contributed by atoms with E-state index in [4.69, 9.17) is 0 Å². The molecule has 2 heterocycles. The van der Waals surface area contributed by atoms with Gasteiger partial charge in [-0.2, -0.15) is 0 Å². The maximum absolute atomic E-state index is 12.8. The van der Waals surface area contributed by atoms with E-state index in [1.807, 2.05) is 35.2 Å². The van der Waals surface area contributed by atoms with E-state index in [9.17, 15) is 4.79 Å². The zero-order valence-electron chi connectivity index (χ0n) is 16.5. The van der Waals surface area contributed by atoms with Crippen LogP contribution in [0.2, 0.25) is 0 Å². The number of amides is 1. The standard InChI is InChI=1S/C25H23N3O/c1-18-8-7-9-19(14-18)16-28-23-13-6-5-12-22(23)26-25(28)20-15-24(29)27(17-20)21-10-3-2-4-11-21/h2-14,20H,15-17H2,1H3/p+1. The maximum Gasteiger partial charge on any atom is 0.260 e. The van der Waals surface area contributed by atoms with Gasteiger partial charge in [0.15, 0.2) is 11.0 Å². The van der Waals surface area contributed by atoms with E-state index in [2.05, 4.69) is 65.0 Å². The normalized spacial score (nSPS) is 16.7. The molecule has 1 saturated heterocycles. The van der Waals surface area contributed by atoms with Gasteiger partial charge in [-0.1, -0.05) is 60.2 Å². The van der Waals surface area contributed by atoms with Crippen molar-refractivity contribution in [3.8, 4) is 0 Å². The van der Waals surface area contributed by atoms with Crippen LogP contribution in [0, 0.1) is 6.92 Å². The average molecular weight is 382 g/mol. The number of nitrogens with zero attached hydrogens (tertiary/aromatic N) is 2. The number of H-pyrrole nitrogens is 1. The first kappa shape index (κ1) is 17.7. The Morgan fingerprint density at radius 2 is 1.79 bits per heavy atom. The molecule has 4 aromatic rings. The topological polar surface area (TPSA) is 40.0 Å². The van der Waals surface area contributed by atoms with E-state index < -0.39 is 0 Å². The number of aryl methyl sites for hydroxylation is 1. The number of aromatic nitrogens is 2. The highest BCUT2D eigenvalue weighted by Gasteiger charge is 2.38. The molecule has 0 bridgehead atoms. The third-order valence-corrected chi connectivity index (χ3v) is 5.75. The Bertz CT molecular complexity index is 1180. The molecule has 4 heteroatoms. The molecule has 0 saturated carbocycles. The predicted molar refractivity (Wildman–Crippen MR) is 115 cm³/mol. The molecule has 0 aliphatic carbocycles. The molecule has 4 nitrogen and oxygen atoms in total. The van der Waals surface area contributed by atoms with Gasteiger partial charge in [0, 0.05) is 18.7 Å². The molecule has 1 fully saturated rings. The van der Waals surface area contributed by atoms with Crippen molar-refractivity contribution in [1.29, 1.82) is 0 Å². The number of carbonyl (C=O) groups excluding carboxylic acids is 1. The van der Waals surface area contributed by atoms with Crippen LogP contribution in [0.15, 0.2) is 78.9 Å². The SMILES string of the molecule is Cc1cccc(C[n+]2c(C3CC(=O)N(c4ccccc4)C3)[nH]c3ccccc32)c1. The minimum atomic E-state index is 0.139. The number of nitrogens with one attached hydrogen (secondary N) is 1. The first-order valence-corrected chi connectivity index (χ1v) is 10.1. The summed E-state index contributed by atoms with van der Waals surface area (Å²) >= 11 is 0. The number of rotatable bonds is 4. The Kier molecular flexibility index (Phi) is 4.39. The van der Waals surface area contributed by atoms with Crippen molar-refractivity contribution in [2.75, 3.05) is 11.4 Å². The summed E-state index contributed by atoms with van der Waals surface area (Å²) in [7, 11) is 0. The summed E-state index contributed by atoms with van der Waals surface area (Å²) in [5.41, 5.74) is 5.79. The molecule has 5 rings (SSSR count). The van der Waals surface area contributed by atoms with Gasteiger partial charge < -0.3 is 4.90 Å². The number of hydrogen-bond acceptors (Lipinski definition) is 1. The predicted octanol–water partition coefficient (Wildman–Crippen LogP) is 4.33. The lowest BCUT2D eigenvalue weighted by molar-refractivity contribution is -0.671. The quantitative estimate of drug-likeness (QED) is 0.524. The van der Waals surface area contributed by atoms with Crippen molar-refractivity contribution in [2.24, 2.45) is 0 Å². The van der Waals surface area contributed by atoms with Crippen LogP contribution >= 0.6 is 0 Å². The van der Waals surface area contributed by atoms with Crippen molar-refractivity contribution < 1.29 is 9.36 Å². The van der Waals surface area contributed by atoms with Crippen molar-refractivity contribution in [3.05, 3.63) is 95.8 Å². The summed E-state index contributed by atoms with van der Waals surface area (Å²) in [6.45, 7) is 3.61. The molecule has 1 aromatic heterocycles. The highest BCUT2D eigenvalue weighted by Crippen LogP contribution is 2.31. The van der Waals surface area contributed by atoms with Gasteiger partial charge in [0.2, 0.25) is 5.91 Å². The van der Waals surface area contributed by atoms with Crippen LogP contribution in [0.1, 0.15) is 29.3 Å². The average Bonchev–Trinajstić information content (AvgIpc) is 3.30. The number of para-hydroxylation sites is 3. The summed E-state index contributed by atoms with van der Waals surface area (Å²) in [4.78, 5) is 18.3. The van der Waals surface area contributed by atoms with Gasteiger partial charge in [-0.05, 0) is 36.8 Å². The largest absolute Gasteiger partial charge is 0.311 e. The number of carbonyl (C=O) groups is 1. The van der Waals surface area contributed by atoms with Gasteiger partial charge in [0.05, 0.1) is 5.92 Å². The molecule has 0 spiro atoms. The molecule has 1 amide bonds. The fourth-order valence-electron chi connectivity index (χ4n) is 4.38. The minimum absolute atomic E-state index is 0.139. The molecule has 3 aromatic carbocycles. The molecular weight excluding hydrogens is 358 g/mol. The summed E-state index contributed by atoms with van der Waals surface area (Å²) in [6, 6.07) is 27.0. The van der Waals surface area contributed by atoms with Crippen molar-refractivity contribution >= 4 is 22.6 Å². The van der Waals surface area contributed by atoms with E-state index in [0.29, 0.717) is 13.0 Å². The zero-order chi connectivity index (χ0) is 19.8. The lowest BCUT2D eigenvalue weighted by atomic mass is 10.1. The van der Waals surface area contributed by atoms with E-state index >= 15 is 0 Å². The number of hydrogen-bond donors (Lipinski definition) is 1. The Morgan fingerprint density at radius 3 is 2.62 bits per heavy atom. The van der Waals surface area contributed by atoms with Gasteiger partial charge in [0.25, 0.3) is 5.82 Å². The summed E-state index contributed by atoms with van der Waals surface area (Å²) in [5.74, 6) is 1.45. The molecule has 0 radical (unpaired) electrons. The fourth-order valence-corrected chi connectivity index (χ4v) is 4.38. The van der Waals surface area contributed by atoms with Crippen LogP contribution in [-0.4, -0.2) is 17.4 Å². The lowest BCUT2D eigenvalue weighted by Crippen LogP contribution is -2.39. The Labute approximate surface area is 170 Å². The third-order valence-electron chi connectivity index (χ3n) is 5.75. The molecule has 1 atom stereocenters. The Balaban J connectivity index is 1.54. The molecule has 1 aliphatic rings. The van der Waals surface area contributed by atoms with Crippen LogP contribution in [0.4, 0.5) is 5.69 Å². The molecule has 1 aliphatic heterocycles. The van der Waals surface area contributed by atoms with Gasteiger partial charge in [-0.15, -0.1) is 0 Å². The third kappa shape index (κ3) is 3.31. The molecular formula is C25H24N3O+. The van der Waals surface area contributed by atoms with Crippen LogP contribution in [0.25, 0.3) is 11.0 Å². The minimum Gasteiger partial charge on any atom is -0.311 e. The van der Waals surface area contributed by atoms with Crippen molar-refractivity contribution in [1.82, 2.24) is 4.98 Å². The maximum atomic E-state index is 12.8. The van der Waals surface area contributed by atoms with E-state index in [1.54, 1.807) is 0 Å². The molecule has 29 heavy (non-hydrogen) atoms. The number of aromatic amines is 1. The van der Waals surface area contributed by atoms with Crippen LogP contribution in [-0.2, 0) is 11.3 Å². The summed E-state index contributed by atoms with van der Waals surface area (Å²) in [5, 5.41) is 0. The van der Waals surface area contributed by atoms with Crippen LogP contribution in [0.5, 0.6) is 0 Å². The number of fused-ring (bicyclic) bond motifs is 1. The highest BCUT2D eigenvalue weighted by atomic mass is 16.2. The molecule has 1 N–H and O–H groups in total. The zero-order valence-corrected chi connectivity index (χ0v) is 16.5. The van der Waals surface area contributed by atoms with E-state index in [1.165, 1.54) is 16.6 Å². The van der Waals surface area contributed by atoms with Crippen molar-refractivity contribution in [2.45, 2.75) is 25.8 Å². The van der Waals surface area contributed by atoms with Crippen LogP contribution in [0.3, 0.4) is 0 Å². The number of anilines is 1. The van der Waals surface area contributed by atoms with Gasteiger partial charge in [-0.25, -0.2) is 9.55 Å². The van der Waals surface area contributed by atoms with Gasteiger partial charge in [-0.3, -0.25) is 4.79 Å². The van der Waals surface area contributed by atoms with E-state index in [0.717, 1.165) is 23.6 Å². The smallest absolute Gasteiger partial charge is 0.260 e. The second-order valence-electron chi connectivity index (χ2n) is 7.84. The van der Waals surface area contributed by atoms with E-state index in [-0.39, 0.29) is 11.8 Å². The van der Waals surface area contributed by atoms with Crippen LogP contribution < -0.4 is 9.47 Å². The number of imidazole rings is 1. The first-order chi connectivity index (χ1) is 14.2. The monoisotopic (exact) mass is 382 g/mol. The first-order valence-electron chi connectivity index (χ1n) is 10.1.